The van der Waals surface area contributed by atoms with Crippen LogP contribution in [0.4, 0.5) is 5.69 Å². The highest BCUT2D eigenvalue weighted by Gasteiger charge is 2.09. The SMILES string of the molecule is Cc1cccc(NC(C)c2ccc(I)cc2)c1C#N. The van der Waals surface area contributed by atoms with Crippen LogP contribution in [-0.2, 0) is 0 Å². The molecular formula is C16H15IN2. The Kier molecular flexibility index (Phi) is 4.43. The standard InChI is InChI=1S/C16H15IN2/c1-11-4-3-5-16(15(11)10-18)19-12(2)13-6-8-14(17)9-7-13/h3-9,12,19H,1-2H3. The van der Waals surface area contributed by atoms with E-state index >= 15 is 0 Å². The molecule has 1 atom stereocenters. The third-order valence-electron chi connectivity index (χ3n) is 3.13. The highest BCUT2D eigenvalue weighted by Crippen LogP contribution is 2.24. The molecule has 0 fully saturated rings. The largest absolute Gasteiger partial charge is 0.377 e. The second-order valence-corrected chi connectivity index (χ2v) is 5.77. The highest BCUT2D eigenvalue weighted by atomic mass is 127. The van der Waals surface area contributed by atoms with Gasteiger partial charge >= 0.3 is 0 Å². The van der Waals surface area contributed by atoms with Crippen molar-refractivity contribution < 1.29 is 0 Å². The Hall–Kier alpha value is -1.54. The molecule has 0 spiro atoms. The van der Waals surface area contributed by atoms with Crippen LogP contribution in [0.25, 0.3) is 0 Å². The lowest BCUT2D eigenvalue weighted by Crippen LogP contribution is -2.08. The lowest BCUT2D eigenvalue weighted by atomic mass is 10.0. The van der Waals surface area contributed by atoms with Crippen molar-refractivity contribution in [2.75, 3.05) is 5.32 Å². The van der Waals surface area contributed by atoms with Crippen molar-refractivity contribution in [1.82, 2.24) is 0 Å². The normalized spacial score (nSPS) is 11.7. The van der Waals surface area contributed by atoms with Crippen LogP contribution in [0.5, 0.6) is 0 Å². The van der Waals surface area contributed by atoms with Crippen LogP contribution in [0.2, 0.25) is 0 Å². The van der Waals surface area contributed by atoms with Gasteiger partial charge in [0.05, 0.1) is 11.3 Å². The fraction of sp³-hybridized carbons (Fsp3) is 0.188. The van der Waals surface area contributed by atoms with Gasteiger partial charge < -0.3 is 5.32 Å². The Labute approximate surface area is 127 Å². The molecule has 2 aromatic rings. The van der Waals surface area contributed by atoms with Gasteiger partial charge in [-0.15, -0.1) is 0 Å². The minimum absolute atomic E-state index is 0.172. The average Bonchev–Trinajstić information content (AvgIpc) is 2.39. The molecule has 0 heterocycles. The topological polar surface area (TPSA) is 35.8 Å². The van der Waals surface area contributed by atoms with E-state index in [0.717, 1.165) is 16.8 Å². The van der Waals surface area contributed by atoms with Crippen molar-refractivity contribution in [2.24, 2.45) is 0 Å². The summed E-state index contributed by atoms with van der Waals surface area (Å²) in [5, 5.41) is 12.6. The smallest absolute Gasteiger partial charge is 0.102 e. The predicted molar refractivity (Wildman–Crippen MR) is 87.1 cm³/mol. The van der Waals surface area contributed by atoms with Crippen LogP contribution in [0, 0.1) is 21.8 Å². The average molecular weight is 362 g/mol. The molecule has 19 heavy (non-hydrogen) atoms. The van der Waals surface area contributed by atoms with Crippen LogP contribution in [0.1, 0.15) is 29.7 Å². The number of nitrogens with zero attached hydrogens (tertiary/aromatic N) is 1. The summed E-state index contributed by atoms with van der Waals surface area (Å²) < 4.78 is 1.22. The van der Waals surface area contributed by atoms with Gasteiger partial charge in [0.1, 0.15) is 6.07 Å². The summed E-state index contributed by atoms with van der Waals surface area (Å²) >= 11 is 2.30. The van der Waals surface area contributed by atoms with Crippen LogP contribution in [-0.4, -0.2) is 0 Å². The van der Waals surface area contributed by atoms with E-state index < -0.39 is 0 Å². The zero-order chi connectivity index (χ0) is 13.8. The Balaban J connectivity index is 2.24. The zero-order valence-electron chi connectivity index (χ0n) is 10.9. The lowest BCUT2D eigenvalue weighted by molar-refractivity contribution is 0.883. The first-order chi connectivity index (χ1) is 9.11. The molecule has 2 rings (SSSR count). The molecule has 0 amide bonds. The number of rotatable bonds is 3. The van der Waals surface area contributed by atoms with E-state index in [4.69, 9.17) is 0 Å². The summed E-state index contributed by atoms with van der Waals surface area (Å²) in [5.41, 5.74) is 3.83. The Morgan fingerprint density at radius 2 is 1.84 bits per heavy atom. The predicted octanol–water partition coefficient (Wildman–Crippen LogP) is 4.64. The molecule has 2 nitrogen and oxygen atoms in total. The number of hydrogen-bond acceptors (Lipinski definition) is 2. The highest BCUT2D eigenvalue weighted by molar-refractivity contribution is 14.1. The summed E-state index contributed by atoms with van der Waals surface area (Å²) in [7, 11) is 0. The molecule has 0 aliphatic rings. The number of hydrogen-bond donors (Lipinski definition) is 1. The molecule has 0 bridgehead atoms. The third kappa shape index (κ3) is 3.27. The first kappa shape index (κ1) is 13.9. The number of benzene rings is 2. The summed E-state index contributed by atoms with van der Waals surface area (Å²) in [5.74, 6) is 0. The Morgan fingerprint density at radius 3 is 2.47 bits per heavy atom. The summed E-state index contributed by atoms with van der Waals surface area (Å²) in [4.78, 5) is 0. The van der Waals surface area contributed by atoms with Gasteiger partial charge in [0, 0.05) is 9.61 Å². The molecule has 1 unspecified atom stereocenters. The molecule has 0 radical (unpaired) electrons. The first-order valence-electron chi connectivity index (χ1n) is 6.13. The van der Waals surface area contributed by atoms with Gasteiger partial charge in [0.2, 0.25) is 0 Å². The molecule has 2 aromatic carbocycles. The van der Waals surface area contributed by atoms with E-state index in [1.807, 2.05) is 25.1 Å². The number of halogens is 1. The fourth-order valence-corrected chi connectivity index (χ4v) is 2.36. The minimum Gasteiger partial charge on any atom is -0.377 e. The molecule has 96 valence electrons. The van der Waals surface area contributed by atoms with Gasteiger partial charge in [-0.2, -0.15) is 5.26 Å². The summed E-state index contributed by atoms with van der Waals surface area (Å²) in [6.07, 6.45) is 0. The van der Waals surface area contributed by atoms with E-state index in [1.165, 1.54) is 9.13 Å². The maximum atomic E-state index is 9.23. The maximum Gasteiger partial charge on any atom is 0.102 e. The van der Waals surface area contributed by atoms with Crippen LogP contribution >= 0.6 is 22.6 Å². The second-order valence-electron chi connectivity index (χ2n) is 4.53. The molecule has 0 saturated heterocycles. The molecule has 1 N–H and O–H groups in total. The summed E-state index contributed by atoms with van der Waals surface area (Å²) in [6, 6.07) is 16.7. The lowest BCUT2D eigenvalue weighted by Gasteiger charge is -2.17. The monoisotopic (exact) mass is 362 g/mol. The van der Waals surface area contributed by atoms with Gasteiger partial charge in [-0.3, -0.25) is 0 Å². The van der Waals surface area contributed by atoms with Crippen LogP contribution in [0.15, 0.2) is 42.5 Å². The zero-order valence-corrected chi connectivity index (χ0v) is 13.1. The molecular weight excluding hydrogens is 347 g/mol. The van der Waals surface area contributed by atoms with Crippen molar-refractivity contribution in [3.63, 3.8) is 0 Å². The molecule has 0 aliphatic carbocycles. The van der Waals surface area contributed by atoms with Crippen molar-refractivity contribution >= 4 is 28.3 Å². The van der Waals surface area contributed by atoms with Crippen LogP contribution < -0.4 is 5.32 Å². The van der Waals surface area contributed by atoms with Crippen molar-refractivity contribution in [3.05, 3.63) is 62.7 Å². The van der Waals surface area contributed by atoms with Gasteiger partial charge in [-0.1, -0.05) is 24.3 Å². The van der Waals surface area contributed by atoms with Crippen molar-refractivity contribution in [1.29, 1.82) is 5.26 Å². The van der Waals surface area contributed by atoms with Crippen molar-refractivity contribution in [2.45, 2.75) is 19.9 Å². The second kappa shape index (κ2) is 6.07. The van der Waals surface area contributed by atoms with Gasteiger partial charge in [0.15, 0.2) is 0 Å². The van der Waals surface area contributed by atoms with E-state index in [1.54, 1.807) is 0 Å². The Bertz CT molecular complexity index is 612. The molecule has 3 heteroatoms. The number of nitriles is 1. The maximum absolute atomic E-state index is 9.23. The van der Waals surface area contributed by atoms with E-state index in [-0.39, 0.29) is 6.04 Å². The number of nitrogens with one attached hydrogen (secondary N) is 1. The quantitative estimate of drug-likeness (QED) is 0.808. The third-order valence-corrected chi connectivity index (χ3v) is 3.85. The molecule has 0 saturated carbocycles. The van der Waals surface area contributed by atoms with Crippen LogP contribution in [0.3, 0.4) is 0 Å². The van der Waals surface area contributed by atoms with Crippen molar-refractivity contribution in [3.8, 4) is 6.07 Å². The fourth-order valence-electron chi connectivity index (χ4n) is 2.00. The van der Waals surface area contributed by atoms with Gasteiger partial charge in [-0.25, -0.2) is 0 Å². The molecule has 0 aromatic heterocycles. The summed E-state index contributed by atoms with van der Waals surface area (Å²) in [6.45, 7) is 4.06. The number of anilines is 1. The van der Waals surface area contributed by atoms with Gasteiger partial charge in [-0.05, 0) is 65.8 Å². The minimum atomic E-state index is 0.172. The van der Waals surface area contributed by atoms with E-state index in [9.17, 15) is 5.26 Å². The van der Waals surface area contributed by atoms with Gasteiger partial charge in [0.25, 0.3) is 0 Å². The molecule has 0 aliphatic heterocycles. The number of aryl methyl sites for hydroxylation is 1. The van der Waals surface area contributed by atoms with E-state index in [2.05, 4.69) is 65.2 Å². The Morgan fingerprint density at radius 1 is 1.16 bits per heavy atom. The first-order valence-corrected chi connectivity index (χ1v) is 7.21. The van der Waals surface area contributed by atoms with E-state index in [0.29, 0.717) is 0 Å².